The van der Waals surface area contributed by atoms with Gasteiger partial charge >= 0.3 is 0 Å². The van der Waals surface area contributed by atoms with Crippen molar-refractivity contribution in [3.05, 3.63) is 557 Å². The predicted octanol–water partition coefficient (Wildman–Crippen LogP) is 35.0. The maximum atomic E-state index is 6.54. The zero-order valence-electron chi connectivity index (χ0n) is 75.2. The van der Waals surface area contributed by atoms with E-state index in [0.29, 0.717) is 5.02 Å². The van der Waals surface area contributed by atoms with Gasteiger partial charge < -0.3 is 28.9 Å². The molecule has 2 heterocycles. The number of furan rings is 2. The van der Waals surface area contributed by atoms with Gasteiger partial charge in [-0.25, -0.2) is 0 Å². The van der Waals surface area contributed by atoms with Gasteiger partial charge in [-0.15, -0.1) is 0 Å². The molecule has 26 rings (SSSR count). The Balaban J connectivity index is 0.000000123. The molecule has 6 nitrogen and oxygen atoms in total. The van der Waals surface area contributed by atoms with E-state index in [2.05, 4.69) is 484 Å². The summed E-state index contributed by atoms with van der Waals surface area (Å²) in [6.45, 7) is 9.34. The highest BCUT2D eigenvalue weighted by Crippen LogP contribution is 2.61. The number of anilines is 11. The molecule has 0 saturated heterocycles. The minimum atomic E-state index is -0.529. The minimum absolute atomic E-state index is 0.0870. The Morgan fingerprint density at radius 2 is 0.511 bits per heavy atom. The van der Waals surface area contributed by atoms with Crippen LogP contribution in [-0.2, 0) is 21.7 Å². The Bertz CT molecular complexity index is 8250. The van der Waals surface area contributed by atoms with E-state index in [1.165, 1.54) is 111 Å². The predicted molar refractivity (Wildman–Crippen MR) is 562 cm³/mol. The number of rotatable bonds is 15. The van der Waals surface area contributed by atoms with Gasteiger partial charge in [-0.1, -0.05) is 379 Å². The van der Waals surface area contributed by atoms with Crippen LogP contribution in [0.5, 0.6) is 0 Å². The van der Waals surface area contributed by atoms with Crippen LogP contribution < -0.4 is 20.0 Å². The molecular weight excluding hydrogens is 1660 g/mol. The van der Waals surface area contributed by atoms with Gasteiger partial charge in [0.1, 0.15) is 22.3 Å². The second kappa shape index (κ2) is 33.1. The van der Waals surface area contributed by atoms with Gasteiger partial charge in [0.25, 0.3) is 0 Å². The van der Waals surface area contributed by atoms with Gasteiger partial charge in [-0.05, 0) is 257 Å². The van der Waals surface area contributed by atoms with Crippen molar-refractivity contribution in [3.8, 4) is 44.5 Å². The van der Waals surface area contributed by atoms with Crippen LogP contribution in [0, 0.1) is 0 Å². The number of nitrogens with zero attached hydrogens (tertiary/aromatic N) is 3. The number of hydrogen-bond acceptors (Lipinski definition) is 6. The fraction of sp³-hybridized carbons (Fsp3) is 0.0625. The molecule has 0 aliphatic heterocycles. The fourth-order valence-electron chi connectivity index (χ4n) is 22.6. The van der Waals surface area contributed by atoms with Crippen molar-refractivity contribution in [1.82, 2.24) is 0 Å². The molecule has 0 fully saturated rings. The van der Waals surface area contributed by atoms with E-state index in [0.717, 1.165) is 106 Å². The Morgan fingerprint density at radius 3 is 0.970 bits per heavy atom. The smallest absolute Gasteiger partial charge is 0.137 e. The van der Waals surface area contributed by atoms with Crippen molar-refractivity contribution in [2.24, 2.45) is 0 Å². The summed E-state index contributed by atoms with van der Waals surface area (Å²) < 4.78 is 12.8. The zero-order valence-corrected chi connectivity index (χ0v) is 76.0. The van der Waals surface area contributed by atoms with Crippen LogP contribution >= 0.6 is 11.6 Å². The first-order valence-corrected chi connectivity index (χ1v) is 46.9. The minimum Gasteiger partial charge on any atom is -0.456 e. The standard InChI is InChI=1S/C64H46N2O.C33H24ClNO.C31H23N/c1-63(2)55-32-13-9-28-50(55)53-39-38-49(42-58(53)63)66(59-35-19-37-61-62(59)54-31-12-16-36-60(54)67-61)48-27-18-26-47(41-48)65(45-23-7-4-8-24-45)46-25-17-22-44(40-46)64(43-20-5-3-6-21-43)56-33-14-10-29-51(56)52-30-11-15-34-57(52)64;1-33(2)27-13-5-3-11-24(27)25-18-17-23(20-28(25)33)35(22-10-7-9-21(34)19-22)29-14-8-16-31-32(29)26-12-4-6-15-30(26)36-31;1-3-12-23(13-4-1)31(24-14-11-17-26(22-24)32-25-15-5-2-6-16-25)29-20-9-7-18-27(29)28-19-8-10-21-30(28)31/h3-42H,1-2H3;3-20H,1-2H3;1-22,32H. The SMILES string of the molecule is CC1(C)c2ccccc2-c2ccc(N(c3cccc(Cl)c3)c3cccc4oc5ccccc5c34)cc21.CC1(C)c2ccccc2-c2ccc(N(c3cccc(N(c4ccccc4)c4cccc(C5(c6ccccc6)c6ccccc6-c6ccccc65)c4)c3)c3cccc4oc5ccccc5c34)cc21.c1ccc(Nc2cccc(C3(c4ccccc4)c4ccccc4-c4ccccc43)c2)cc1. The molecule has 20 aromatic carbocycles. The molecule has 7 heteroatoms. The van der Waals surface area contributed by atoms with Gasteiger partial charge in [-0.3, -0.25) is 0 Å². The van der Waals surface area contributed by atoms with Crippen LogP contribution in [0.2, 0.25) is 5.02 Å². The van der Waals surface area contributed by atoms with Crippen LogP contribution in [0.15, 0.2) is 494 Å². The lowest BCUT2D eigenvalue weighted by Crippen LogP contribution is -2.28. The average Bonchev–Trinajstić information content (AvgIpc) is 1.54. The Morgan fingerprint density at radius 1 is 0.207 bits per heavy atom. The number of fused-ring (bicyclic) bond motifs is 18. The summed E-state index contributed by atoms with van der Waals surface area (Å²) in [5.74, 6) is 0. The van der Waals surface area contributed by atoms with Crippen LogP contribution in [-0.4, -0.2) is 0 Å². The summed E-state index contributed by atoms with van der Waals surface area (Å²) in [7, 11) is 0. The normalized spacial score (nSPS) is 13.6. The summed E-state index contributed by atoms with van der Waals surface area (Å²) in [6, 6.07) is 175. The molecular formula is C128H93ClN4O2. The molecule has 2 aromatic heterocycles. The van der Waals surface area contributed by atoms with Crippen LogP contribution in [0.1, 0.15) is 94.5 Å². The summed E-state index contributed by atoms with van der Waals surface area (Å²) in [5, 5.41) is 8.66. The molecule has 1 N–H and O–H groups in total. The Kier molecular flexibility index (Phi) is 20.0. The van der Waals surface area contributed by atoms with Crippen LogP contribution in [0.4, 0.5) is 62.6 Å². The summed E-state index contributed by atoms with van der Waals surface area (Å²) in [4.78, 5) is 7.14. The molecule has 644 valence electrons. The van der Waals surface area contributed by atoms with Crippen molar-refractivity contribution in [1.29, 1.82) is 0 Å². The largest absolute Gasteiger partial charge is 0.456 e. The van der Waals surface area contributed by atoms with E-state index in [4.69, 9.17) is 20.4 Å². The topological polar surface area (TPSA) is 48.0 Å². The third-order valence-corrected chi connectivity index (χ3v) is 28.8. The number of halogens is 1. The molecule has 0 unspecified atom stereocenters. The molecule has 0 saturated carbocycles. The van der Waals surface area contributed by atoms with Crippen LogP contribution in [0.25, 0.3) is 88.4 Å². The van der Waals surface area contributed by atoms with E-state index in [1.807, 2.05) is 48.5 Å². The quantitative estimate of drug-likeness (QED) is 0.110. The first-order valence-electron chi connectivity index (χ1n) is 46.5. The van der Waals surface area contributed by atoms with Gasteiger partial charge in [0.15, 0.2) is 0 Å². The lowest BCUT2D eigenvalue weighted by atomic mass is 9.67. The molecule has 0 spiro atoms. The molecule has 4 aliphatic carbocycles. The number of nitrogens with one attached hydrogen (secondary N) is 1. The van der Waals surface area contributed by atoms with Gasteiger partial charge in [-0.2, -0.15) is 0 Å². The second-order valence-electron chi connectivity index (χ2n) is 36.7. The van der Waals surface area contributed by atoms with Crippen LogP contribution in [0.3, 0.4) is 0 Å². The van der Waals surface area contributed by atoms with Crippen molar-refractivity contribution >= 4 is 118 Å². The van der Waals surface area contributed by atoms with Crippen molar-refractivity contribution < 1.29 is 8.83 Å². The van der Waals surface area contributed by atoms with E-state index in [9.17, 15) is 0 Å². The van der Waals surface area contributed by atoms with Gasteiger partial charge in [0, 0.05) is 77.8 Å². The summed E-state index contributed by atoms with van der Waals surface area (Å²) in [6.07, 6.45) is 0. The number of para-hydroxylation sites is 4. The van der Waals surface area contributed by atoms with E-state index < -0.39 is 5.41 Å². The van der Waals surface area contributed by atoms with E-state index >= 15 is 0 Å². The van der Waals surface area contributed by atoms with Gasteiger partial charge in [0.05, 0.1) is 33.0 Å². The number of benzene rings is 20. The Labute approximate surface area is 792 Å². The summed E-state index contributed by atoms with van der Waals surface area (Å²) in [5.41, 5.74) is 40.1. The highest BCUT2D eigenvalue weighted by molar-refractivity contribution is 6.31. The second-order valence-corrected chi connectivity index (χ2v) is 37.1. The molecule has 0 bridgehead atoms. The highest BCUT2D eigenvalue weighted by Gasteiger charge is 2.48. The Hall–Kier alpha value is -16.5. The van der Waals surface area contributed by atoms with Crippen molar-refractivity contribution in [3.63, 3.8) is 0 Å². The fourth-order valence-corrected chi connectivity index (χ4v) is 22.8. The first kappa shape index (κ1) is 81.7. The maximum absolute atomic E-state index is 6.54. The molecule has 0 amide bonds. The zero-order chi connectivity index (χ0) is 90.5. The molecule has 135 heavy (non-hydrogen) atoms. The molecule has 0 radical (unpaired) electrons. The lowest BCUT2D eigenvalue weighted by molar-refractivity contribution is 0.660. The van der Waals surface area contributed by atoms with E-state index in [1.54, 1.807) is 0 Å². The van der Waals surface area contributed by atoms with Crippen molar-refractivity contribution in [2.75, 3.05) is 20.0 Å². The number of hydrogen-bond donors (Lipinski definition) is 1. The maximum Gasteiger partial charge on any atom is 0.137 e. The molecule has 4 aliphatic rings. The molecule has 22 aromatic rings. The third-order valence-electron chi connectivity index (χ3n) is 28.5. The third kappa shape index (κ3) is 13.4. The lowest BCUT2D eigenvalue weighted by Gasteiger charge is -2.35. The first-order chi connectivity index (χ1) is 66.4. The van der Waals surface area contributed by atoms with Gasteiger partial charge in [0.2, 0.25) is 0 Å². The average molecular weight is 1750 g/mol. The monoisotopic (exact) mass is 1750 g/mol. The van der Waals surface area contributed by atoms with Crippen molar-refractivity contribution in [2.45, 2.75) is 49.4 Å². The summed E-state index contributed by atoms with van der Waals surface area (Å²) >= 11 is 6.51. The highest BCUT2D eigenvalue weighted by atomic mass is 35.5. The van der Waals surface area contributed by atoms with E-state index in [-0.39, 0.29) is 16.2 Å². The molecule has 0 atom stereocenters.